The topological polar surface area (TPSA) is 171 Å². The second-order valence-electron chi connectivity index (χ2n) is 8.51. The number of aromatic hydroxyl groups is 1. The summed E-state index contributed by atoms with van der Waals surface area (Å²) in [5.74, 6) is -3.47. The molecule has 0 radical (unpaired) electrons. The summed E-state index contributed by atoms with van der Waals surface area (Å²) in [5, 5.41) is 26.1. The summed E-state index contributed by atoms with van der Waals surface area (Å²) in [5.41, 5.74) is 6.67. The Hall–Kier alpha value is -3.14. The number of phenolic OH excluding ortho intramolecular Hbond substituents is 1. The highest BCUT2D eigenvalue weighted by atomic mass is 16.4. The predicted molar refractivity (Wildman–Crippen MR) is 119 cm³/mol. The number of nitrogens with two attached hydrogens (primary N) is 1. The van der Waals surface area contributed by atoms with Gasteiger partial charge in [0.05, 0.1) is 6.04 Å². The highest BCUT2D eigenvalue weighted by Gasteiger charge is 2.31. The molecule has 0 saturated carbocycles. The molecule has 0 aliphatic carbocycles. The fourth-order valence-electron chi connectivity index (χ4n) is 2.93. The molecule has 0 spiro atoms. The third kappa shape index (κ3) is 8.18. The second kappa shape index (κ2) is 12.0. The summed E-state index contributed by atoms with van der Waals surface area (Å²) in [6.45, 7) is 8.23. The standard InChI is InChI=1S/C22H34N4O6/c1-11(2)17(21(30)26-18(12(3)4)22(31)32)25-19(28)13(5)24-20(29)16(23)10-14-6-8-15(27)9-7-14/h6-9,11-13,16-18,27H,10,23H2,1-5H3,(H,24,29)(H,25,28)(H,26,30)(H,31,32). The van der Waals surface area contributed by atoms with E-state index in [1.54, 1.807) is 39.8 Å². The number of carboxylic acid groups (broad SMARTS) is 1. The van der Waals surface area contributed by atoms with Crippen LogP contribution in [0.2, 0.25) is 0 Å². The lowest BCUT2D eigenvalue weighted by Crippen LogP contribution is -2.58. The van der Waals surface area contributed by atoms with Crippen molar-refractivity contribution in [2.75, 3.05) is 0 Å². The van der Waals surface area contributed by atoms with Gasteiger partial charge in [-0.25, -0.2) is 4.79 Å². The molecule has 4 unspecified atom stereocenters. The molecule has 1 rings (SSSR count). The largest absolute Gasteiger partial charge is 0.508 e. The van der Waals surface area contributed by atoms with Crippen LogP contribution in [-0.4, -0.2) is 58.1 Å². The van der Waals surface area contributed by atoms with E-state index in [9.17, 15) is 29.4 Å². The molecule has 3 amide bonds. The summed E-state index contributed by atoms with van der Waals surface area (Å²) in [6, 6.07) is 2.31. The molecule has 0 aliphatic heterocycles. The quantitative estimate of drug-likeness (QED) is 0.278. The Balaban J connectivity index is 2.71. The lowest BCUT2D eigenvalue weighted by Gasteiger charge is -2.27. The van der Waals surface area contributed by atoms with Gasteiger partial charge < -0.3 is 31.9 Å². The maximum atomic E-state index is 12.6. The number of hydrogen-bond donors (Lipinski definition) is 6. The first-order valence-corrected chi connectivity index (χ1v) is 10.5. The molecular weight excluding hydrogens is 416 g/mol. The SMILES string of the molecule is CC(NC(=O)C(N)Cc1ccc(O)cc1)C(=O)NC(C(=O)NC(C(=O)O)C(C)C)C(C)C. The molecule has 0 heterocycles. The summed E-state index contributed by atoms with van der Waals surface area (Å²) in [7, 11) is 0. The summed E-state index contributed by atoms with van der Waals surface area (Å²) < 4.78 is 0. The van der Waals surface area contributed by atoms with Crippen LogP contribution in [0.3, 0.4) is 0 Å². The number of carbonyl (C=O) groups excluding carboxylic acids is 3. The van der Waals surface area contributed by atoms with Gasteiger partial charge in [-0.05, 0) is 42.9 Å². The van der Waals surface area contributed by atoms with Gasteiger partial charge in [-0.1, -0.05) is 39.8 Å². The number of nitrogens with one attached hydrogen (secondary N) is 3. The van der Waals surface area contributed by atoms with Gasteiger partial charge in [-0.15, -0.1) is 0 Å². The number of hydrogen-bond acceptors (Lipinski definition) is 6. The van der Waals surface area contributed by atoms with Crippen molar-refractivity contribution in [3.8, 4) is 5.75 Å². The lowest BCUT2D eigenvalue weighted by atomic mass is 10.00. The fourth-order valence-corrected chi connectivity index (χ4v) is 2.93. The smallest absolute Gasteiger partial charge is 0.326 e. The van der Waals surface area contributed by atoms with Crippen molar-refractivity contribution in [3.05, 3.63) is 29.8 Å². The third-order valence-electron chi connectivity index (χ3n) is 4.96. The Kier molecular flexibility index (Phi) is 10.1. The van der Waals surface area contributed by atoms with Gasteiger partial charge in [0.2, 0.25) is 17.7 Å². The van der Waals surface area contributed by atoms with Gasteiger partial charge in [0.1, 0.15) is 23.9 Å². The van der Waals surface area contributed by atoms with Crippen molar-refractivity contribution in [1.82, 2.24) is 16.0 Å². The van der Waals surface area contributed by atoms with Crippen LogP contribution in [0.4, 0.5) is 0 Å². The highest BCUT2D eigenvalue weighted by molar-refractivity contribution is 5.94. The van der Waals surface area contributed by atoms with E-state index < -0.39 is 47.9 Å². The van der Waals surface area contributed by atoms with E-state index >= 15 is 0 Å². The first-order chi connectivity index (χ1) is 14.8. The zero-order valence-electron chi connectivity index (χ0n) is 19.1. The predicted octanol–water partition coefficient (Wildman–Crippen LogP) is 0.133. The maximum absolute atomic E-state index is 12.6. The number of phenols is 1. The molecule has 0 aromatic heterocycles. The van der Waals surface area contributed by atoms with E-state index in [4.69, 9.17) is 5.73 Å². The Morgan fingerprint density at radius 1 is 0.812 bits per heavy atom. The number of rotatable bonds is 11. The molecule has 0 fully saturated rings. The van der Waals surface area contributed by atoms with E-state index in [0.717, 1.165) is 5.56 Å². The van der Waals surface area contributed by atoms with E-state index in [-0.39, 0.29) is 24.0 Å². The van der Waals surface area contributed by atoms with E-state index in [1.807, 2.05) is 0 Å². The van der Waals surface area contributed by atoms with Gasteiger partial charge in [0.25, 0.3) is 0 Å². The van der Waals surface area contributed by atoms with Gasteiger partial charge in [0, 0.05) is 0 Å². The number of carbonyl (C=O) groups is 4. The van der Waals surface area contributed by atoms with Gasteiger partial charge in [0.15, 0.2) is 0 Å². The molecule has 10 nitrogen and oxygen atoms in total. The summed E-state index contributed by atoms with van der Waals surface area (Å²) in [4.78, 5) is 48.9. The fraction of sp³-hybridized carbons (Fsp3) is 0.545. The maximum Gasteiger partial charge on any atom is 0.326 e. The van der Waals surface area contributed by atoms with Crippen molar-refractivity contribution in [2.24, 2.45) is 17.6 Å². The monoisotopic (exact) mass is 450 g/mol. The molecule has 1 aromatic carbocycles. The second-order valence-corrected chi connectivity index (χ2v) is 8.51. The van der Waals surface area contributed by atoms with Crippen LogP contribution in [-0.2, 0) is 25.6 Å². The molecule has 178 valence electrons. The van der Waals surface area contributed by atoms with Crippen LogP contribution >= 0.6 is 0 Å². The Morgan fingerprint density at radius 3 is 1.78 bits per heavy atom. The van der Waals surface area contributed by atoms with Crippen LogP contribution in [0.5, 0.6) is 5.75 Å². The molecule has 0 saturated heterocycles. The average molecular weight is 451 g/mol. The van der Waals surface area contributed by atoms with Gasteiger partial charge >= 0.3 is 5.97 Å². The minimum absolute atomic E-state index is 0.101. The van der Waals surface area contributed by atoms with Crippen molar-refractivity contribution in [2.45, 2.75) is 65.2 Å². The molecule has 7 N–H and O–H groups in total. The van der Waals surface area contributed by atoms with Crippen LogP contribution in [0.15, 0.2) is 24.3 Å². The normalized spacial score (nSPS) is 14.9. The Bertz CT molecular complexity index is 809. The molecule has 1 aromatic rings. The van der Waals surface area contributed by atoms with Crippen LogP contribution in [0.1, 0.15) is 40.2 Å². The minimum Gasteiger partial charge on any atom is -0.508 e. The number of benzene rings is 1. The summed E-state index contributed by atoms with van der Waals surface area (Å²) in [6.07, 6.45) is 0.212. The molecular formula is C22H34N4O6. The molecule has 32 heavy (non-hydrogen) atoms. The molecule has 4 atom stereocenters. The zero-order chi connectivity index (χ0) is 24.6. The van der Waals surface area contributed by atoms with Crippen LogP contribution < -0.4 is 21.7 Å². The minimum atomic E-state index is -1.16. The average Bonchev–Trinajstić information content (AvgIpc) is 2.70. The lowest BCUT2D eigenvalue weighted by molar-refractivity contribution is -0.143. The number of carboxylic acids is 1. The van der Waals surface area contributed by atoms with Crippen molar-refractivity contribution in [1.29, 1.82) is 0 Å². The zero-order valence-corrected chi connectivity index (χ0v) is 19.1. The first-order valence-electron chi connectivity index (χ1n) is 10.5. The third-order valence-corrected chi connectivity index (χ3v) is 4.96. The van der Waals surface area contributed by atoms with Gasteiger partial charge in [-0.3, -0.25) is 14.4 Å². The Labute approximate surface area is 187 Å². The van der Waals surface area contributed by atoms with E-state index in [2.05, 4.69) is 16.0 Å². The van der Waals surface area contributed by atoms with Crippen molar-refractivity contribution >= 4 is 23.7 Å². The van der Waals surface area contributed by atoms with Crippen LogP contribution in [0, 0.1) is 11.8 Å². The van der Waals surface area contributed by atoms with Crippen LogP contribution in [0.25, 0.3) is 0 Å². The van der Waals surface area contributed by atoms with E-state index in [1.165, 1.54) is 19.1 Å². The molecule has 0 aliphatic rings. The molecule has 10 heteroatoms. The van der Waals surface area contributed by atoms with E-state index in [0.29, 0.717) is 0 Å². The van der Waals surface area contributed by atoms with Gasteiger partial charge in [-0.2, -0.15) is 0 Å². The first kappa shape index (κ1) is 26.9. The van der Waals surface area contributed by atoms with Crippen molar-refractivity contribution in [3.63, 3.8) is 0 Å². The number of amides is 3. The number of aliphatic carboxylic acids is 1. The van der Waals surface area contributed by atoms with Crippen molar-refractivity contribution < 1.29 is 29.4 Å². The molecule has 0 bridgehead atoms. The summed E-state index contributed by atoms with van der Waals surface area (Å²) >= 11 is 0. The Morgan fingerprint density at radius 2 is 1.31 bits per heavy atom. The highest BCUT2D eigenvalue weighted by Crippen LogP contribution is 2.11.